The molecule has 6 heteroatoms. The standard InChI is InChI=1S/C21H19Cl2NO3/c1-11(2)19(25)17-18(16-7-5-4-6-12(16)3)24(21(27)20(17)26)15-9-13(22)8-14(23)10-15/h4-11,18,26H,1-3H3. The molecule has 1 heterocycles. The summed E-state index contributed by atoms with van der Waals surface area (Å²) in [6.45, 7) is 5.37. The first kappa shape index (κ1) is 19.5. The van der Waals surface area contributed by atoms with E-state index in [1.54, 1.807) is 32.0 Å². The second-order valence-electron chi connectivity index (χ2n) is 6.84. The van der Waals surface area contributed by atoms with Gasteiger partial charge in [-0.25, -0.2) is 0 Å². The van der Waals surface area contributed by atoms with E-state index < -0.39 is 17.7 Å². The first-order valence-electron chi connectivity index (χ1n) is 8.55. The van der Waals surface area contributed by atoms with Crippen LogP contribution in [0.5, 0.6) is 0 Å². The Kier molecular flexibility index (Phi) is 5.31. The Balaban J connectivity index is 2.25. The number of aliphatic hydroxyl groups excluding tert-OH is 1. The SMILES string of the molecule is Cc1ccccc1C1C(C(=O)C(C)C)=C(O)C(=O)N1c1cc(Cl)cc(Cl)c1. The van der Waals surface area contributed by atoms with Crippen LogP contribution in [-0.2, 0) is 9.59 Å². The van der Waals surface area contributed by atoms with Gasteiger partial charge in [0, 0.05) is 21.7 Å². The van der Waals surface area contributed by atoms with Crippen LogP contribution in [0.2, 0.25) is 10.0 Å². The highest BCUT2D eigenvalue weighted by Gasteiger charge is 2.45. The van der Waals surface area contributed by atoms with E-state index in [1.807, 2.05) is 31.2 Å². The van der Waals surface area contributed by atoms with Crippen molar-refractivity contribution in [3.05, 3.63) is 75.0 Å². The number of rotatable bonds is 4. The molecule has 0 bridgehead atoms. The lowest BCUT2D eigenvalue weighted by Crippen LogP contribution is -2.31. The van der Waals surface area contributed by atoms with E-state index in [2.05, 4.69) is 0 Å². The molecular weight excluding hydrogens is 385 g/mol. The van der Waals surface area contributed by atoms with Crippen molar-refractivity contribution in [2.45, 2.75) is 26.8 Å². The number of aryl methyl sites for hydroxylation is 1. The van der Waals surface area contributed by atoms with E-state index >= 15 is 0 Å². The number of hydrogen-bond acceptors (Lipinski definition) is 3. The highest BCUT2D eigenvalue weighted by Crippen LogP contribution is 2.43. The van der Waals surface area contributed by atoms with Crippen molar-refractivity contribution in [3.63, 3.8) is 0 Å². The molecule has 3 rings (SSSR count). The lowest BCUT2D eigenvalue weighted by molar-refractivity contribution is -0.119. The molecule has 4 nitrogen and oxygen atoms in total. The van der Waals surface area contributed by atoms with Crippen LogP contribution >= 0.6 is 23.2 Å². The number of Topliss-reactive ketones (excluding diaryl/α,β-unsaturated/α-hetero) is 1. The van der Waals surface area contributed by atoms with Gasteiger partial charge >= 0.3 is 0 Å². The second-order valence-corrected chi connectivity index (χ2v) is 7.72. The monoisotopic (exact) mass is 403 g/mol. The van der Waals surface area contributed by atoms with Gasteiger partial charge in [0.05, 0.1) is 11.6 Å². The highest BCUT2D eigenvalue weighted by atomic mass is 35.5. The summed E-state index contributed by atoms with van der Waals surface area (Å²) in [5.41, 5.74) is 2.18. The van der Waals surface area contributed by atoms with Gasteiger partial charge in [-0.3, -0.25) is 14.5 Å². The summed E-state index contributed by atoms with van der Waals surface area (Å²) < 4.78 is 0. The third kappa shape index (κ3) is 3.47. The Morgan fingerprint density at radius 2 is 1.70 bits per heavy atom. The van der Waals surface area contributed by atoms with Crippen LogP contribution in [0.25, 0.3) is 0 Å². The minimum Gasteiger partial charge on any atom is -0.503 e. The number of carbonyl (C=O) groups excluding carboxylic acids is 2. The van der Waals surface area contributed by atoms with Crippen molar-refractivity contribution < 1.29 is 14.7 Å². The highest BCUT2D eigenvalue weighted by molar-refractivity contribution is 6.35. The smallest absolute Gasteiger partial charge is 0.294 e. The fraction of sp³-hybridized carbons (Fsp3) is 0.238. The zero-order valence-electron chi connectivity index (χ0n) is 15.2. The summed E-state index contributed by atoms with van der Waals surface area (Å²) in [6.07, 6.45) is 0. The number of aliphatic hydroxyl groups is 1. The van der Waals surface area contributed by atoms with Crippen LogP contribution < -0.4 is 4.90 Å². The number of halogens is 2. The first-order valence-corrected chi connectivity index (χ1v) is 9.30. The molecule has 0 saturated carbocycles. The molecule has 1 amide bonds. The van der Waals surface area contributed by atoms with Gasteiger partial charge in [0.15, 0.2) is 11.5 Å². The van der Waals surface area contributed by atoms with Crippen LogP contribution in [0.3, 0.4) is 0 Å². The topological polar surface area (TPSA) is 57.6 Å². The summed E-state index contributed by atoms with van der Waals surface area (Å²) in [7, 11) is 0. The third-order valence-corrected chi connectivity index (χ3v) is 5.04. The predicted molar refractivity (Wildman–Crippen MR) is 107 cm³/mol. The number of benzene rings is 2. The largest absolute Gasteiger partial charge is 0.503 e. The van der Waals surface area contributed by atoms with E-state index in [0.717, 1.165) is 11.1 Å². The molecule has 0 radical (unpaired) electrons. The summed E-state index contributed by atoms with van der Waals surface area (Å²) in [4.78, 5) is 27.2. The second kappa shape index (κ2) is 7.37. The zero-order valence-corrected chi connectivity index (χ0v) is 16.7. The van der Waals surface area contributed by atoms with Crippen molar-refractivity contribution in [3.8, 4) is 0 Å². The maximum atomic E-state index is 12.9. The Bertz CT molecular complexity index is 945. The maximum absolute atomic E-state index is 12.9. The maximum Gasteiger partial charge on any atom is 0.294 e. The molecule has 0 aromatic heterocycles. The molecule has 0 fully saturated rings. The van der Waals surface area contributed by atoms with Gasteiger partial charge in [0.25, 0.3) is 5.91 Å². The quantitative estimate of drug-likeness (QED) is 0.740. The predicted octanol–water partition coefficient (Wildman–Crippen LogP) is 5.43. The molecule has 27 heavy (non-hydrogen) atoms. The Hall–Kier alpha value is -2.30. The molecule has 0 spiro atoms. The molecule has 1 unspecified atom stereocenters. The van der Waals surface area contributed by atoms with E-state index in [0.29, 0.717) is 15.7 Å². The van der Waals surface area contributed by atoms with Gasteiger partial charge in [-0.2, -0.15) is 0 Å². The third-order valence-electron chi connectivity index (χ3n) is 4.61. The molecule has 140 valence electrons. The fourth-order valence-electron chi connectivity index (χ4n) is 3.30. The number of hydrogen-bond donors (Lipinski definition) is 1. The minimum atomic E-state index is -0.747. The van der Waals surface area contributed by atoms with E-state index in [-0.39, 0.29) is 17.3 Å². The summed E-state index contributed by atoms with van der Waals surface area (Å²) in [6, 6.07) is 11.5. The van der Waals surface area contributed by atoms with Crippen LogP contribution in [-0.4, -0.2) is 16.8 Å². The molecule has 0 aliphatic carbocycles. The first-order chi connectivity index (χ1) is 12.7. The van der Waals surface area contributed by atoms with Gasteiger partial charge in [-0.05, 0) is 36.2 Å². The van der Waals surface area contributed by atoms with E-state index in [9.17, 15) is 14.7 Å². The van der Waals surface area contributed by atoms with Crippen molar-refractivity contribution in [2.24, 2.45) is 5.92 Å². The molecule has 2 aromatic rings. The van der Waals surface area contributed by atoms with Crippen LogP contribution in [0.15, 0.2) is 53.8 Å². The average Bonchev–Trinajstić information content (AvgIpc) is 2.85. The van der Waals surface area contributed by atoms with Gasteiger partial charge in [0.1, 0.15) is 0 Å². The summed E-state index contributed by atoms with van der Waals surface area (Å²) in [5.74, 6) is -1.82. The van der Waals surface area contributed by atoms with Crippen LogP contribution in [0, 0.1) is 12.8 Å². The Morgan fingerprint density at radius 1 is 1.11 bits per heavy atom. The summed E-state index contributed by atoms with van der Waals surface area (Å²) in [5, 5.41) is 11.3. The molecule has 1 aliphatic heterocycles. The zero-order chi connectivity index (χ0) is 19.9. The molecule has 1 aliphatic rings. The minimum absolute atomic E-state index is 0.0976. The Labute approximate surface area is 168 Å². The molecule has 0 saturated heterocycles. The van der Waals surface area contributed by atoms with E-state index in [4.69, 9.17) is 23.2 Å². The molecule has 1 atom stereocenters. The van der Waals surface area contributed by atoms with E-state index in [1.165, 1.54) is 4.90 Å². The van der Waals surface area contributed by atoms with Crippen molar-refractivity contribution in [1.82, 2.24) is 0 Å². The lowest BCUT2D eigenvalue weighted by atomic mass is 9.89. The van der Waals surface area contributed by atoms with Crippen LogP contribution in [0.4, 0.5) is 5.69 Å². The van der Waals surface area contributed by atoms with Gasteiger partial charge < -0.3 is 5.11 Å². The number of anilines is 1. The normalized spacial score (nSPS) is 17.2. The number of nitrogens with zero attached hydrogens (tertiary/aromatic N) is 1. The molecule has 1 N–H and O–H groups in total. The molecular formula is C21H19Cl2NO3. The van der Waals surface area contributed by atoms with Crippen molar-refractivity contribution in [2.75, 3.05) is 4.90 Å². The van der Waals surface area contributed by atoms with Crippen molar-refractivity contribution in [1.29, 1.82) is 0 Å². The molecule has 2 aromatic carbocycles. The fourth-order valence-corrected chi connectivity index (χ4v) is 3.81. The van der Waals surface area contributed by atoms with Gasteiger partial charge in [-0.15, -0.1) is 0 Å². The van der Waals surface area contributed by atoms with Crippen LogP contribution in [0.1, 0.15) is 31.0 Å². The number of amides is 1. The van der Waals surface area contributed by atoms with Crippen molar-refractivity contribution >= 4 is 40.6 Å². The average molecular weight is 404 g/mol. The van der Waals surface area contributed by atoms with Gasteiger partial charge in [0.2, 0.25) is 0 Å². The number of carbonyl (C=O) groups is 2. The Morgan fingerprint density at radius 3 is 2.26 bits per heavy atom. The summed E-state index contributed by atoms with van der Waals surface area (Å²) >= 11 is 12.2. The number of ketones is 1. The van der Waals surface area contributed by atoms with Gasteiger partial charge in [-0.1, -0.05) is 61.3 Å². The lowest BCUT2D eigenvalue weighted by Gasteiger charge is -2.28.